The number of hydrogen-bond donors (Lipinski definition) is 2. The number of nitrogens with one attached hydrogen (secondary N) is 1. The molecule has 3 aromatic rings. The van der Waals surface area contributed by atoms with Gasteiger partial charge in [0.25, 0.3) is 0 Å². The Kier molecular flexibility index (Phi) is 5.71. The lowest BCUT2D eigenvalue weighted by atomic mass is 9.94. The van der Waals surface area contributed by atoms with Crippen molar-refractivity contribution in [3.05, 3.63) is 30.2 Å². The van der Waals surface area contributed by atoms with Crippen LogP contribution >= 0.6 is 0 Å². The zero-order valence-electron chi connectivity index (χ0n) is 20.0. The summed E-state index contributed by atoms with van der Waals surface area (Å²) in [5.41, 5.74) is -0.778. The molecular weight excluding hydrogens is 435 g/mol. The average Bonchev–Trinajstić information content (AvgIpc) is 2.79. The maximum atomic E-state index is 14.7. The normalized spacial score (nSPS) is 25.0. The molecule has 0 spiro atoms. The number of nitrogens with zero attached hydrogens (tertiary/aromatic N) is 7. The minimum Gasteiger partial charge on any atom is -0.390 e. The molecule has 5 rings (SSSR count). The van der Waals surface area contributed by atoms with Gasteiger partial charge in [-0.05, 0) is 44.7 Å². The van der Waals surface area contributed by atoms with Crippen molar-refractivity contribution in [1.82, 2.24) is 25.1 Å². The molecule has 2 N–H and O–H groups in total. The number of fused-ring (bicyclic) bond motifs is 1. The van der Waals surface area contributed by atoms with E-state index >= 15 is 0 Å². The molecule has 0 amide bonds. The van der Waals surface area contributed by atoms with Crippen LogP contribution < -0.4 is 15.1 Å². The van der Waals surface area contributed by atoms with Gasteiger partial charge in [-0.3, -0.25) is 0 Å². The highest BCUT2D eigenvalue weighted by Gasteiger charge is 2.39. The minimum absolute atomic E-state index is 0.0416. The van der Waals surface area contributed by atoms with Gasteiger partial charge in [0, 0.05) is 42.3 Å². The third kappa shape index (κ3) is 4.11. The number of piperidine rings is 1. The van der Waals surface area contributed by atoms with Crippen molar-refractivity contribution < 1.29 is 9.50 Å². The molecule has 5 heterocycles. The largest absolute Gasteiger partial charge is 0.390 e. The Morgan fingerprint density at radius 2 is 1.97 bits per heavy atom. The van der Waals surface area contributed by atoms with E-state index in [1.807, 2.05) is 12.3 Å². The molecule has 0 radical (unpaired) electrons. The summed E-state index contributed by atoms with van der Waals surface area (Å²) in [6.07, 6.45) is 3.99. The van der Waals surface area contributed by atoms with Gasteiger partial charge >= 0.3 is 0 Å². The van der Waals surface area contributed by atoms with E-state index in [-0.39, 0.29) is 12.5 Å². The van der Waals surface area contributed by atoms with Crippen molar-refractivity contribution in [3.63, 3.8) is 0 Å². The summed E-state index contributed by atoms with van der Waals surface area (Å²) in [7, 11) is 0. The Balaban J connectivity index is 1.44. The Labute approximate surface area is 198 Å². The average molecular weight is 467 g/mol. The van der Waals surface area contributed by atoms with Crippen LogP contribution in [0.25, 0.3) is 10.8 Å². The molecule has 0 saturated carbocycles. The summed E-state index contributed by atoms with van der Waals surface area (Å²) in [6.45, 7) is 9.32. The molecule has 180 valence electrons. The van der Waals surface area contributed by atoms with Crippen LogP contribution in [-0.4, -0.2) is 67.7 Å². The minimum atomic E-state index is -1.70. The summed E-state index contributed by atoms with van der Waals surface area (Å²) >= 11 is 0. The van der Waals surface area contributed by atoms with Crippen LogP contribution in [0.4, 0.5) is 27.8 Å². The first-order valence-electron chi connectivity index (χ1n) is 11.9. The second-order valence-corrected chi connectivity index (χ2v) is 9.88. The highest BCUT2D eigenvalue weighted by molar-refractivity contribution is 5.95. The number of aromatic nitrogens is 5. The first kappa shape index (κ1) is 22.6. The second-order valence-electron chi connectivity index (χ2n) is 9.88. The third-order valence-corrected chi connectivity index (χ3v) is 6.86. The maximum absolute atomic E-state index is 14.7. The fourth-order valence-corrected chi connectivity index (χ4v) is 4.60. The number of pyridine rings is 1. The van der Waals surface area contributed by atoms with Crippen LogP contribution in [0.2, 0.25) is 0 Å². The van der Waals surface area contributed by atoms with Crippen molar-refractivity contribution in [2.75, 3.05) is 34.8 Å². The summed E-state index contributed by atoms with van der Waals surface area (Å²) in [5.74, 6) is 2.71. The lowest BCUT2D eigenvalue weighted by molar-refractivity contribution is -0.00860. The lowest BCUT2D eigenvalue weighted by Crippen LogP contribution is -2.52. The van der Waals surface area contributed by atoms with Gasteiger partial charge in [0.1, 0.15) is 11.6 Å². The van der Waals surface area contributed by atoms with Gasteiger partial charge < -0.3 is 20.2 Å². The number of hydrogen-bond acceptors (Lipinski definition) is 9. The predicted molar refractivity (Wildman–Crippen MR) is 131 cm³/mol. The van der Waals surface area contributed by atoms with Crippen molar-refractivity contribution in [2.45, 2.75) is 64.3 Å². The summed E-state index contributed by atoms with van der Waals surface area (Å²) in [4.78, 5) is 17.6. The number of rotatable bonds is 5. The van der Waals surface area contributed by atoms with Gasteiger partial charge in [0.05, 0.1) is 18.3 Å². The van der Waals surface area contributed by atoms with Gasteiger partial charge in [0.15, 0.2) is 11.5 Å². The fraction of sp³-hybridized carbons (Fsp3) is 0.542. The highest BCUT2D eigenvalue weighted by atomic mass is 19.1. The van der Waals surface area contributed by atoms with E-state index in [1.54, 1.807) is 17.2 Å². The number of halogens is 1. The van der Waals surface area contributed by atoms with Crippen LogP contribution in [0.3, 0.4) is 0 Å². The summed E-state index contributed by atoms with van der Waals surface area (Å²) < 4.78 is 14.7. The van der Waals surface area contributed by atoms with Crippen molar-refractivity contribution >= 4 is 34.2 Å². The van der Waals surface area contributed by atoms with Gasteiger partial charge in [-0.1, -0.05) is 13.8 Å². The molecule has 0 unspecified atom stereocenters. The molecule has 3 aromatic heterocycles. The van der Waals surface area contributed by atoms with E-state index < -0.39 is 11.8 Å². The molecule has 2 aliphatic heterocycles. The zero-order chi connectivity index (χ0) is 24.0. The summed E-state index contributed by atoms with van der Waals surface area (Å²) in [5, 5.41) is 24.3. The van der Waals surface area contributed by atoms with Gasteiger partial charge in [-0.2, -0.15) is 10.1 Å². The molecule has 2 fully saturated rings. The molecule has 0 bridgehead atoms. The van der Waals surface area contributed by atoms with E-state index in [0.29, 0.717) is 36.6 Å². The highest BCUT2D eigenvalue weighted by Crippen LogP contribution is 2.34. The van der Waals surface area contributed by atoms with E-state index in [2.05, 4.69) is 56.1 Å². The number of aliphatic hydroxyl groups is 1. The Hall–Kier alpha value is -3.14. The standard InChI is InChI=1S/C24H31FN8O/c1-14(2)21-16-11-20(27-12-17(16)22(31-30-21)33-10-6-15(33)3)28-19-5-8-26-23(29-19)32-9-7-18(34)24(4,25)13-32/h5,8,11-12,14-15,18,34H,6-7,9-10,13H2,1-4H3,(H,26,27,28,29)/t15-,18+,24-/m0/s1. The van der Waals surface area contributed by atoms with Crippen molar-refractivity contribution in [3.8, 4) is 0 Å². The van der Waals surface area contributed by atoms with Gasteiger partial charge in [0.2, 0.25) is 5.95 Å². The van der Waals surface area contributed by atoms with Gasteiger partial charge in [-0.25, -0.2) is 14.4 Å². The summed E-state index contributed by atoms with van der Waals surface area (Å²) in [6, 6.07) is 4.19. The van der Waals surface area contributed by atoms with Crippen LogP contribution in [0, 0.1) is 0 Å². The van der Waals surface area contributed by atoms with Crippen molar-refractivity contribution in [1.29, 1.82) is 0 Å². The molecule has 2 saturated heterocycles. The molecule has 2 aliphatic rings. The Morgan fingerprint density at radius 3 is 2.65 bits per heavy atom. The van der Waals surface area contributed by atoms with Crippen molar-refractivity contribution in [2.24, 2.45) is 0 Å². The first-order valence-corrected chi connectivity index (χ1v) is 11.9. The molecule has 9 nitrogen and oxygen atoms in total. The topological polar surface area (TPSA) is 103 Å². The third-order valence-electron chi connectivity index (χ3n) is 6.86. The number of anilines is 4. The molecular formula is C24H31FN8O. The van der Waals surface area contributed by atoms with Crippen LogP contribution in [0.5, 0.6) is 0 Å². The SMILES string of the molecule is CC(C)c1nnc(N2CC[C@@H]2C)c2cnc(Nc3ccnc(N4CC[C@@H](O)[C@@](C)(F)C4)n3)cc12. The van der Waals surface area contributed by atoms with Gasteiger partial charge in [-0.15, -0.1) is 5.10 Å². The smallest absolute Gasteiger partial charge is 0.227 e. The van der Waals surface area contributed by atoms with Crippen LogP contribution in [0.1, 0.15) is 52.1 Å². The van der Waals surface area contributed by atoms with E-state index in [9.17, 15) is 9.50 Å². The molecule has 10 heteroatoms. The molecule has 0 aromatic carbocycles. The van der Waals surface area contributed by atoms with E-state index in [1.165, 1.54) is 6.92 Å². The maximum Gasteiger partial charge on any atom is 0.227 e. The quantitative estimate of drug-likeness (QED) is 0.584. The Bertz CT molecular complexity index is 1200. The Morgan fingerprint density at radius 1 is 1.15 bits per heavy atom. The number of alkyl halides is 1. The first-order chi connectivity index (χ1) is 16.2. The van der Waals surface area contributed by atoms with Crippen LogP contribution in [0.15, 0.2) is 24.5 Å². The fourth-order valence-electron chi connectivity index (χ4n) is 4.60. The van der Waals surface area contributed by atoms with Crippen LogP contribution in [-0.2, 0) is 0 Å². The molecule has 3 atom stereocenters. The monoisotopic (exact) mass is 466 g/mol. The molecule has 0 aliphatic carbocycles. The molecule has 34 heavy (non-hydrogen) atoms. The van der Waals surface area contributed by atoms with E-state index in [0.717, 1.165) is 35.2 Å². The lowest BCUT2D eigenvalue weighted by Gasteiger charge is -2.40. The zero-order valence-corrected chi connectivity index (χ0v) is 20.0. The second kappa shape index (κ2) is 8.57. The predicted octanol–water partition coefficient (Wildman–Crippen LogP) is 3.58. The number of aliphatic hydroxyl groups excluding tert-OH is 1. The van der Waals surface area contributed by atoms with E-state index in [4.69, 9.17) is 0 Å².